The fourth-order valence-electron chi connectivity index (χ4n) is 3.54. The van der Waals surface area contributed by atoms with Crippen LogP contribution in [0.15, 0.2) is 41.5 Å². The molecule has 142 valence electrons. The van der Waals surface area contributed by atoms with Crippen molar-refractivity contribution < 1.29 is 9.13 Å². The minimum atomic E-state index is -0.513. The van der Waals surface area contributed by atoms with Crippen LogP contribution in [0.5, 0.6) is 0 Å². The monoisotopic (exact) mass is 380 g/mol. The van der Waals surface area contributed by atoms with Crippen LogP contribution >= 0.6 is 0 Å². The average molecular weight is 380 g/mol. The molecule has 3 aromatic heterocycles. The van der Waals surface area contributed by atoms with Crippen molar-refractivity contribution in [2.45, 2.75) is 18.9 Å². The number of H-pyrrole nitrogens is 1. The molecule has 4 aromatic rings. The summed E-state index contributed by atoms with van der Waals surface area (Å²) >= 11 is 0. The maximum atomic E-state index is 14.5. The summed E-state index contributed by atoms with van der Waals surface area (Å²) in [5, 5.41) is 10.9. The molecule has 5 rings (SSSR count). The molecule has 4 heterocycles. The molecule has 1 unspecified atom stereocenters. The van der Waals surface area contributed by atoms with Crippen molar-refractivity contribution in [3.05, 3.63) is 52.8 Å². The number of pyridine rings is 1. The van der Waals surface area contributed by atoms with Crippen molar-refractivity contribution in [2.24, 2.45) is 0 Å². The quantitative estimate of drug-likeness (QED) is 0.564. The summed E-state index contributed by atoms with van der Waals surface area (Å²) in [4.78, 5) is 21.9. The van der Waals surface area contributed by atoms with E-state index in [9.17, 15) is 9.18 Å². The second-order valence-electron chi connectivity index (χ2n) is 6.70. The highest BCUT2D eigenvalue weighted by atomic mass is 19.1. The first kappa shape index (κ1) is 16.8. The Hall–Kier alpha value is -3.33. The van der Waals surface area contributed by atoms with Crippen LogP contribution in [0.3, 0.4) is 0 Å². The number of hydrogen-bond donors (Lipinski definition) is 2. The highest BCUT2D eigenvalue weighted by Gasteiger charge is 2.19. The molecule has 2 N–H and O–H groups in total. The van der Waals surface area contributed by atoms with Crippen molar-refractivity contribution >= 4 is 27.9 Å². The van der Waals surface area contributed by atoms with Gasteiger partial charge >= 0.3 is 0 Å². The molecule has 1 aliphatic heterocycles. The lowest BCUT2D eigenvalue weighted by Gasteiger charge is -2.14. The Balaban J connectivity index is 1.70. The van der Waals surface area contributed by atoms with E-state index in [0.29, 0.717) is 34.4 Å². The van der Waals surface area contributed by atoms with E-state index in [0.717, 1.165) is 19.4 Å². The first-order valence-corrected chi connectivity index (χ1v) is 9.07. The molecule has 1 saturated heterocycles. The third-order valence-corrected chi connectivity index (χ3v) is 4.93. The molecular formula is C19H17FN6O2. The Morgan fingerprint density at radius 2 is 2.18 bits per heavy atom. The Bertz CT molecular complexity index is 1230. The molecule has 9 heteroatoms. The van der Waals surface area contributed by atoms with Gasteiger partial charge in [-0.15, -0.1) is 0 Å². The molecule has 0 amide bonds. The fourth-order valence-corrected chi connectivity index (χ4v) is 3.54. The lowest BCUT2D eigenvalue weighted by atomic mass is 10.2. The van der Waals surface area contributed by atoms with Crippen LogP contribution in [0.25, 0.3) is 27.6 Å². The van der Waals surface area contributed by atoms with Crippen molar-refractivity contribution in [1.82, 2.24) is 24.7 Å². The zero-order chi connectivity index (χ0) is 19.1. The number of nitrogens with one attached hydrogen (secondary N) is 2. The normalized spacial score (nSPS) is 16.8. The molecule has 28 heavy (non-hydrogen) atoms. The lowest BCUT2D eigenvalue weighted by molar-refractivity contribution is 0.120. The maximum absolute atomic E-state index is 14.5. The minimum Gasteiger partial charge on any atom is -0.376 e. The third-order valence-electron chi connectivity index (χ3n) is 4.93. The number of anilines is 1. The number of halogens is 1. The van der Waals surface area contributed by atoms with Crippen LogP contribution in [-0.2, 0) is 4.74 Å². The smallest absolute Gasteiger partial charge is 0.267 e. The zero-order valence-corrected chi connectivity index (χ0v) is 14.9. The van der Waals surface area contributed by atoms with E-state index in [1.807, 2.05) is 0 Å². The number of rotatable bonds is 4. The summed E-state index contributed by atoms with van der Waals surface area (Å²) in [6.07, 6.45) is 5.17. The van der Waals surface area contributed by atoms with Crippen LogP contribution in [0.1, 0.15) is 12.8 Å². The van der Waals surface area contributed by atoms with Crippen molar-refractivity contribution in [3.8, 4) is 5.69 Å². The van der Waals surface area contributed by atoms with Gasteiger partial charge in [0.1, 0.15) is 5.82 Å². The van der Waals surface area contributed by atoms with Gasteiger partial charge in [-0.1, -0.05) is 12.1 Å². The van der Waals surface area contributed by atoms with Gasteiger partial charge < -0.3 is 10.1 Å². The van der Waals surface area contributed by atoms with Gasteiger partial charge in [-0.05, 0) is 25.0 Å². The summed E-state index contributed by atoms with van der Waals surface area (Å²) in [5.74, 6) is -0.160. The van der Waals surface area contributed by atoms with E-state index < -0.39 is 11.4 Å². The number of nitrogens with zero attached hydrogens (tertiary/aromatic N) is 4. The van der Waals surface area contributed by atoms with Gasteiger partial charge in [-0.3, -0.25) is 14.5 Å². The Morgan fingerprint density at radius 3 is 3.00 bits per heavy atom. The van der Waals surface area contributed by atoms with Gasteiger partial charge in [-0.2, -0.15) is 10.1 Å². The van der Waals surface area contributed by atoms with Gasteiger partial charge in [0.05, 0.1) is 34.3 Å². The molecule has 0 aliphatic carbocycles. The molecule has 0 spiro atoms. The van der Waals surface area contributed by atoms with Crippen LogP contribution in [0.4, 0.5) is 10.3 Å². The fraction of sp³-hybridized carbons (Fsp3) is 0.263. The number of fused-ring (bicyclic) bond motifs is 3. The number of hydrogen-bond acceptors (Lipinski definition) is 6. The largest absolute Gasteiger partial charge is 0.376 e. The van der Waals surface area contributed by atoms with Crippen LogP contribution in [-0.4, -0.2) is 44.0 Å². The number of aromatic amines is 1. The molecule has 1 aromatic carbocycles. The van der Waals surface area contributed by atoms with Crippen LogP contribution < -0.4 is 10.9 Å². The van der Waals surface area contributed by atoms with Gasteiger partial charge in [0.2, 0.25) is 5.95 Å². The zero-order valence-electron chi connectivity index (χ0n) is 14.9. The maximum Gasteiger partial charge on any atom is 0.267 e. The molecule has 1 aliphatic rings. The van der Waals surface area contributed by atoms with Crippen LogP contribution in [0, 0.1) is 5.82 Å². The van der Waals surface area contributed by atoms with Gasteiger partial charge in [-0.25, -0.2) is 9.37 Å². The van der Waals surface area contributed by atoms with Gasteiger partial charge in [0.25, 0.3) is 5.56 Å². The molecule has 0 bridgehead atoms. The summed E-state index contributed by atoms with van der Waals surface area (Å²) in [6, 6.07) is 6.11. The van der Waals surface area contributed by atoms with E-state index in [1.165, 1.54) is 16.8 Å². The topological polar surface area (TPSA) is 97.7 Å². The Morgan fingerprint density at radius 1 is 1.29 bits per heavy atom. The Labute approximate surface area is 158 Å². The van der Waals surface area contributed by atoms with Crippen molar-refractivity contribution in [2.75, 3.05) is 18.5 Å². The summed E-state index contributed by atoms with van der Waals surface area (Å²) in [7, 11) is 0. The minimum absolute atomic E-state index is 0.114. The van der Waals surface area contributed by atoms with E-state index in [4.69, 9.17) is 4.74 Å². The summed E-state index contributed by atoms with van der Waals surface area (Å²) in [6.45, 7) is 1.33. The first-order chi connectivity index (χ1) is 13.7. The van der Waals surface area contributed by atoms with E-state index in [1.54, 1.807) is 24.4 Å². The lowest BCUT2D eigenvalue weighted by Crippen LogP contribution is -2.22. The Kier molecular flexibility index (Phi) is 4.01. The third kappa shape index (κ3) is 2.71. The predicted molar refractivity (Wildman–Crippen MR) is 102 cm³/mol. The molecule has 1 fully saturated rings. The molecular weight excluding hydrogens is 363 g/mol. The summed E-state index contributed by atoms with van der Waals surface area (Å²) in [5.41, 5.74) is 0.560. The van der Waals surface area contributed by atoms with Gasteiger partial charge in [0.15, 0.2) is 5.65 Å². The highest BCUT2D eigenvalue weighted by Crippen LogP contribution is 2.23. The standard InChI is InChI=1S/C19H17FN6O2/c20-14-5-1-2-6-15(14)26-17-12(16-13(18(26)27)10-23-25-16)9-22-19(24-17)21-8-11-4-3-7-28-11/h1-2,5-6,9-11H,3-4,7-8H2,(H,23,25)(H,21,22,24). The van der Waals surface area contributed by atoms with Crippen molar-refractivity contribution in [1.29, 1.82) is 0 Å². The molecule has 0 saturated carbocycles. The molecule has 8 nitrogen and oxygen atoms in total. The SMILES string of the molecule is O=c1c2cn[nH]c2c2cnc(NCC3CCCO3)nc2n1-c1ccccc1F. The number of aromatic nitrogens is 5. The van der Waals surface area contributed by atoms with E-state index in [-0.39, 0.29) is 11.8 Å². The average Bonchev–Trinajstić information content (AvgIpc) is 3.40. The highest BCUT2D eigenvalue weighted by molar-refractivity contribution is 6.02. The number of ether oxygens (including phenoxy) is 1. The first-order valence-electron chi connectivity index (χ1n) is 9.07. The summed E-state index contributed by atoms with van der Waals surface area (Å²) < 4.78 is 21.4. The van der Waals surface area contributed by atoms with E-state index >= 15 is 0 Å². The van der Waals surface area contributed by atoms with Crippen LogP contribution in [0.2, 0.25) is 0 Å². The number of para-hydroxylation sites is 1. The molecule has 1 atom stereocenters. The van der Waals surface area contributed by atoms with Crippen molar-refractivity contribution in [3.63, 3.8) is 0 Å². The second kappa shape index (κ2) is 6.68. The number of benzene rings is 1. The predicted octanol–water partition coefficient (Wildman–Crippen LogP) is 2.39. The second-order valence-corrected chi connectivity index (χ2v) is 6.70. The molecule has 0 radical (unpaired) electrons. The van der Waals surface area contributed by atoms with E-state index in [2.05, 4.69) is 25.5 Å². The van der Waals surface area contributed by atoms with Gasteiger partial charge in [0, 0.05) is 19.3 Å².